The molecule has 0 bridgehead atoms. The summed E-state index contributed by atoms with van der Waals surface area (Å²) in [5, 5.41) is 5.07. The summed E-state index contributed by atoms with van der Waals surface area (Å²) in [5.74, 6) is -0.209. The lowest BCUT2D eigenvalue weighted by Crippen LogP contribution is -2.33. The quantitative estimate of drug-likeness (QED) is 0.788. The van der Waals surface area contributed by atoms with Crippen molar-refractivity contribution in [1.82, 2.24) is 14.6 Å². The number of carbonyl (C=O) groups excluding carboxylic acids is 1. The van der Waals surface area contributed by atoms with Crippen LogP contribution < -0.4 is 10.5 Å². The zero-order chi connectivity index (χ0) is 15.9. The molecule has 0 aromatic carbocycles. The van der Waals surface area contributed by atoms with Gasteiger partial charge in [-0.3, -0.25) is 9.59 Å². The van der Waals surface area contributed by atoms with Crippen LogP contribution in [-0.4, -0.2) is 40.8 Å². The van der Waals surface area contributed by atoms with Gasteiger partial charge in [0, 0.05) is 24.8 Å². The molecule has 1 saturated heterocycles. The Morgan fingerprint density at radius 1 is 1.55 bits per heavy atom. The summed E-state index contributed by atoms with van der Waals surface area (Å²) in [7, 11) is 1.41. The minimum Gasteiger partial charge on any atom is -0.469 e. The van der Waals surface area contributed by atoms with Crippen molar-refractivity contribution < 1.29 is 9.53 Å². The van der Waals surface area contributed by atoms with Crippen molar-refractivity contribution in [3.63, 3.8) is 0 Å². The third-order valence-electron chi connectivity index (χ3n) is 4.07. The van der Waals surface area contributed by atoms with Crippen LogP contribution >= 0.6 is 11.3 Å². The Kier molecular flexibility index (Phi) is 3.64. The molecule has 3 rings (SSSR count). The van der Waals surface area contributed by atoms with Crippen LogP contribution in [0, 0.1) is 5.41 Å². The molecule has 3 heterocycles. The van der Waals surface area contributed by atoms with Gasteiger partial charge in [0.05, 0.1) is 12.5 Å². The fourth-order valence-electron chi connectivity index (χ4n) is 2.69. The van der Waals surface area contributed by atoms with E-state index in [-0.39, 0.29) is 11.5 Å². The average molecular weight is 322 g/mol. The summed E-state index contributed by atoms with van der Waals surface area (Å²) in [4.78, 5) is 31.0. The number of aromatic nitrogens is 3. The predicted molar refractivity (Wildman–Crippen MR) is 83.5 cm³/mol. The topological polar surface area (TPSA) is 76.8 Å². The first-order valence-corrected chi connectivity index (χ1v) is 8.01. The second kappa shape index (κ2) is 5.35. The zero-order valence-electron chi connectivity index (χ0n) is 12.8. The molecule has 1 atom stereocenters. The Morgan fingerprint density at radius 3 is 3.00 bits per heavy atom. The van der Waals surface area contributed by atoms with Gasteiger partial charge >= 0.3 is 5.97 Å². The van der Waals surface area contributed by atoms with Gasteiger partial charge in [-0.15, -0.1) is 5.10 Å². The molecule has 1 unspecified atom stereocenters. The first kappa shape index (κ1) is 15.0. The highest BCUT2D eigenvalue weighted by Gasteiger charge is 2.42. The summed E-state index contributed by atoms with van der Waals surface area (Å²) >= 11 is 1.37. The Bertz CT molecular complexity index is 784. The Hall–Kier alpha value is -1.96. The molecule has 0 spiro atoms. The fraction of sp³-hybridized carbons (Fsp3) is 0.571. The maximum atomic E-state index is 12.0. The number of fused-ring (bicyclic) bond motifs is 1. The molecular weight excluding hydrogens is 304 g/mol. The molecule has 0 N–H and O–H groups in total. The van der Waals surface area contributed by atoms with Gasteiger partial charge in [-0.2, -0.15) is 4.52 Å². The highest BCUT2D eigenvalue weighted by Crippen LogP contribution is 2.35. The van der Waals surface area contributed by atoms with Crippen LogP contribution in [0.2, 0.25) is 0 Å². The van der Waals surface area contributed by atoms with Crippen LogP contribution in [-0.2, 0) is 16.0 Å². The molecular formula is C14H18N4O3S. The van der Waals surface area contributed by atoms with Gasteiger partial charge in [-0.1, -0.05) is 18.3 Å². The number of ether oxygens (including phenoxy) is 1. The number of methoxy groups -OCH3 is 1. The van der Waals surface area contributed by atoms with Gasteiger partial charge in [0.25, 0.3) is 5.56 Å². The number of aryl methyl sites for hydroxylation is 1. The van der Waals surface area contributed by atoms with Gasteiger partial charge in [-0.25, -0.2) is 4.98 Å². The number of hydrogen-bond acceptors (Lipinski definition) is 7. The van der Waals surface area contributed by atoms with E-state index in [9.17, 15) is 9.59 Å². The Labute approximate surface area is 131 Å². The third kappa shape index (κ3) is 2.37. The normalized spacial score (nSPS) is 21.5. The second-order valence-electron chi connectivity index (χ2n) is 5.74. The molecule has 0 radical (unpaired) electrons. The standard InChI is InChI=1S/C14H18N4O3S/c1-4-9-7-10(19)18-12(15-9)22-13(16-18)17-6-5-14(2,8-17)11(20)21-3/h7H,4-6,8H2,1-3H3. The number of rotatable bonds is 3. The number of anilines is 1. The summed E-state index contributed by atoms with van der Waals surface area (Å²) in [5.41, 5.74) is 0.0693. The van der Waals surface area contributed by atoms with E-state index in [1.807, 2.05) is 18.7 Å². The van der Waals surface area contributed by atoms with Crippen molar-refractivity contribution in [2.45, 2.75) is 26.7 Å². The number of hydrogen-bond donors (Lipinski definition) is 0. The van der Waals surface area contributed by atoms with Crippen molar-refractivity contribution in [2.24, 2.45) is 5.41 Å². The van der Waals surface area contributed by atoms with E-state index in [1.165, 1.54) is 29.0 Å². The number of carbonyl (C=O) groups is 1. The molecule has 7 nitrogen and oxygen atoms in total. The minimum absolute atomic E-state index is 0.167. The van der Waals surface area contributed by atoms with Crippen LogP contribution in [0.15, 0.2) is 10.9 Å². The van der Waals surface area contributed by atoms with E-state index in [1.54, 1.807) is 0 Å². The number of esters is 1. The maximum Gasteiger partial charge on any atom is 0.313 e. The Balaban J connectivity index is 1.94. The van der Waals surface area contributed by atoms with E-state index in [4.69, 9.17) is 4.74 Å². The monoisotopic (exact) mass is 322 g/mol. The molecule has 1 fully saturated rings. The summed E-state index contributed by atoms with van der Waals surface area (Å²) in [6.07, 6.45) is 1.42. The highest BCUT2D eigenvalue weighted by molar-refractivity contribution is 7.20. The van der Waals surface area contributed by atoms with Gasteiger partial charge in [0.2, 0.25) is 10.1 Å². The molecule has 22 heavy (non-hydrogen) atoms. The van der Waals surface area contributed by atoms with Crippen molar-refractivity contribution >= 4 is 27.4 Å². The second-order valence-corrected chi connectivity index (χ2v) is 6.68. The van der Waals surface area contributed by atoms with Gasteiger partial charge < -0.3 is 9.64 Å². The molecule has 1 aliphatic heterocycles. The zero-order valence-corrected chi connectivity index (χ0v) is 13.6. The molecule has 2 aromatic heterocycles. The van der Waals surface area contributed by atoms with Crippen molar-refractivity contribution in [3.05, 3.63) is 22.1 Å². The average Bonchev–Trinajstić information content (AvgIpc) is 3.11. The summed E-state index contributed by atoms with van der Waals surface area (Å²) < 4.78 is 6.21. The molecule has 8 heteroatoms. The largest absolute Gasteiger partial charge is 0.469 e. The minimum atomic E-state index is -0.528. The lowest BCUT2D eigenvalue weighted by atomic mass is 9.90. The van der Waals surface area contributed by atoms with Crippen molar-refractivity contribution in [1.29, 1.82) is 0 Å². The SMILES string of the molecule is CCc1cc(=O)n2nc(N3CCC(C)(C(=O)OC)C3)sc2n1. The molecule has 0 aliphatic carbocycles. The van der Waals surface area contributed by atoms with E-state index in [0.717, 1.165) is 5.69 Å². The van der Waals surface area contributed by atoms with Crippen molar-refractivity contribution in [2.75, 3.05) is 25.1 Å². The molecule has 2 aromatic rings. The number of nitrogens with zero attached hydrogens (tertiary/aromatic N) is 4. The fourth-order valence-corrected chi connectivity index (χ4v) is 3.64. The first-order valence-electron chi connectivity index (χ1n) is 7.20. The van der Waals surface area contributed by atoms with Gasteiger partial charge in [-0.05, 0) is 19.8 Å². The van der Waals surface area contributed by atoms with Crippen LogP contribution in [0.1, 0.15) is 26.0 Å². The molecule has 118 valence electrons. The van der Waals surface area contributed by atoms with Crippen LogP contribution in [0.25, 0.3) is 4.96 Å². The third-order valence-corrected chi connectivity index (χ3v) is 5.04. The lowest BCUT2D eigenvalue weighted by molar-refractivity contribution is -0.150. The predicted octanol–water partition coefficient (Wildman–Crippen LogP) is 1.10. The molecule has 0 saturated carbocycles. The summed E-state index contributed by atoms with van der Waals surface area (Å²) in [6.45, 7) is 5.10. The van der Waals surface area contributed by atoms with Gasteiger partial charge in [0.1, 0.15) is 0 Å². The van der Waals surface area contributed by atoms with Crippen LogP contribution in [0.5, 0.6) is 0 Å². The van der Waals surface area contributed by atoms with E-state index < -0.39 is 5.41 Å². The summed E-state index contributed by atoms with van der Waals surface area (Å²) in [6, 6.07) is 1.51. The van der Waals surface area contributed by atoms with E-state index in [2.05, 4.69) is 10.1 Å². The Morgan fingerprint density at radius 2 is 2.32 bits per heavy atom. The van der Waals surface area contributed by atoms with Crippen LogP contribution in [0.3, 0.4) is 0 Å². The first-order chi connectivity index (χ1) is 10.5. The molecule has 1 aliphatic rings. The lowest BCUT2D eigenvalue weighted by Gasteiger charge is -2.20. The highest BCUT2D eigenvalue weighted by atomic mass is 32.1. The maximum absolute atomic E-state index is 12.0. The van der Waals surface area contributed by atoms with Crippen molar-refractivity contribution in [3.8, 4) is 0 Å². The van der Waals surface area contributed by atoms with Crippen LogP contribution in [0.4, 0.5) is 5.13 Å². The van der Waals surface area contributed by atoms with E-state index in [0.29, 0.717) is 36.0 Å². The van der Waals surface area contributed by atoms with E-state index >= 15 is 0 Å². The molecule has 0 amide bonds. The van der Waals surface area contributed by atoms with Gasteiger partial charge in [0.15, 0.2) is 0 Å². The smallest absolute Gasteiger partial charge is 0.313 e.